The van der Waals surface area contributed by atoms with E-state index in [-0.39, 0.29) is 6.10 Å². The van der Waals surface area contributed by atoms with E-state index in [1.807, 2.05) is 19.2 Å². The summed E-state index contributed by atoms with van der Waals surface area (Å²) in [5, 5.41) is 3.34. The van der Waals surface area contributed by atoms with E-state index in [1.54, 1.807) is 0 Å². The van der Waals surface area contributed by atoms with Crippen LogP contribution in [0.2, 0.25) is 0 Å². The van der Waals surface area contributed by atoms with Crippen molar-refractivity contribution in [1.82, 2.24) is 5.32 Å². The second-order valence-electron chi connectivity index (χ2n) is 4.73. The first-order chi connectivity index (χ1) is 8.22. The highest BCUT2D eigenvalue weighted by molar-refractivity contribution is 5.40. The van der Waals surface area contributed by atoms with Crippen molar-refractivity contribution < 1.29 is 9.47 Å². The van der Waals surface area contributed by atoms with Gasteiger partial charge in [-0.1, -0.05) is 18.2 Å². The molecule has 0 radical (unpaired) electrons. The summed E-state index contributed by atoms with van der Waals surface area (Å²) >= 11 is 0. The molecule has 1 aromatic rings. The van der Waals surface area contributed by atoms with Crippen molar-refractivity contribution in [2.45, 2.75) is 31.9 Å². The molecule has 1 aromatic carbocycles. The SMILES string of the molecule is CNC(COC(C)C)C1COc2ccccc21. The quantitative estimate of drug-likeness (QED) is 0.848. The summed E-state index contributed by atoms with van der Waals surface area (Å²) < 4.78 is 11.4. The minimum Gasteiger partial charge on any atom is -0.493 e. The number of rotatable bonds is 5. The predicted octanol–water partition coefficient (Wildman–Crippen LogP) is 2.18. The van der Waals surface area contributed by atoms with Crippen molar-refractivity contribution >= 4 is 0 Å². The van der Waals surface area contributed by atoms with Crippen LogP contribution >= 0.6 is 0 Å². The lowest BCUT2D eigenvalue weighted by Crippen LogP contribution is -2.38. The Labute approximate surface area is 103 Å². The molecule has 0 saturated carbocycles. The van der Waals surface area contributed by atoms with Gasteiger partial charge in [-0.15, -0.1) is 0 Å². The van der Waals surface area contributed by atoms with Gasteiger partial charge in [0.05, 0.1) is 19.3 Å². The Balaban J connectivity index is 2.06. The van der Waals surface area contributed by atoms with Gasteiger partial charge >= 0.3 is 0 Å². The highest BCUT2D eigenvalue weighted by Gasteiger charge is 2.30. The van der Waals surface area contributed by atoms with Gasteiger partial charge in [0.25, 0.3) is 0 Å². The van der Waals surface area contributed by atoms with E-state index in [9.17, 15) is 0 Å². The van der Waals surface area contributed by atoms with Gasteiger partial charge in [0, 0.05) is 17.5 Å². The Morgan fingerprint density at radius 2 is 2.18 bits per heavy atom. The Morgan fingerprint density at radius 3 is 2.88 bits per heavy atom. The van der Waals surface area contributed by atoms with Gasteiger partial charge < -0.3 is 14.8 Å². The minimum atomic E-state index is 0.267. The summed E-state index contributed by atoms with van der Waals surface area (Å²) in [6.45, 7) is 5.58. The summed E-state index contributed by atoms with van der Waals surface area (Å²) in [7, 11) is 1.98. The van der Waals surface area contributed by atoms with E-state index in [0.717, 1.165) is 19.0 Å². The largest absolute Gasteiger partial charge is 0.493 e. The number of hydrogen-bond acceptors (Lipinski definition) is 3. The number of para-hydroxylation sites is 1. The summed E-state index contributed by atoms with van der Waals surface area (Å²) in [4.78, 5) is 0. The summed E-state index contributed by atoms with van der Waals surface area (Å²) in [5.41, 5.74) is 1.29. The van der Waals surface area contributed by atoms with Gasteiger partial charge in [-0.25, -0.2) is 0 Å². The molecule has 1 aliphatic heterocycles. The maximum absolute atomic E-state index is 5.71. The van der Waals surface area contributed by atoms with E-state index in [1.165, 1.54) is 5.56 Å². The highest BCUT2D eigenvalue weighted by atomic mass is 16.5. The van der Waals surface area contributed by atoms with Gasteiger partial charge in [-0.2, -0.15) is 0 Å². The molecule has 0 amide bonds. The molecule has 1 heterocycles. The second kappa shape index (κ2) is 5.52. The first-order valence-corrected chi connectivity index (χ1v) is 6.23. The highest BCUT2D eigenvalue weighted by Crippen LogP contribution is 2.35. The molecule has 3 heteroatoms. The third-order valence-corrected chi connectivity index (χ3v) is 3.20. The fraction of sp³-hybridized carbons (Fsp3) is 0.571. The van der Waals surface area contributed by atoms with Crippen LogP contribution in [0, 0.1) is 0 Å². The first-order valence-electron chi connectivity index (χ1n) is 6.23. The lowest BCUT2D eigenvalue weighted by atomic mass is 9.94. The van der Waals surface area contributed by atoms with E-state index >= 15 is 0 Å². The number of fused-ring (bicyclic) bond motifs is 1. The average Bonchev–Trinajstić information content (AvgIpc) is 2.74. The Bertz CT molecular complexity index is 365. The fourth-order valence-corrected chi connectivity index (χ4v) is 2.22. The standard InChI is InChI=1S/C14H21NO2/c1-10(2)16-9-13(15-3)12-8-17-14-7-5-4-6-11(12)14/h4-7,10,12-13,15H,8-9H2,1-3H3. The smallest absolute Gasteiger partial charge is 0.122 e. The summed E-state index contributed by atoms with van der Waals surface area (Å²) in [5.74, 6) is 1.40. The van der Waals surface area contributed by atoms with Crippen LogP contribution in [0.3, 0.4) is 0 Å². The van der Waals surface area contributed by atoms with Crippen LogP contribution in [0.5, 0.6) is 5.75 Å². The lowest BCUT2D eigenvalue weighted by molar-refractivity contribution is 0.0554. The zero-order chi connectivity index (χ0) is 12.3. The van der Waals surface area contributed by atoms with Gasteiger partial charge in [0.2, 0.25) is 0 Å². The zero-order valence-electron chi connectivity index (χ0n) is 10.8. The Kier molecular flexibility index (Phi) is 4.02. The number of benzene rings is 1. The molecule has 94 valence electrons. The van der Waals surface area contributed by atoms with Crippen molar-refractivity contribution in [3.05, 3.63) is 29.8 Å². The molecule has 2 atom stereocenters. The predicted molar refractivity (Wildman–Crippen MR) is 68.6 cm³/mol. The Hall–Kier alpha value is -1.06. The molecule has 0 aromatic heterocycles. The molecule has 2 unspecified atom stereocenters. The number of nitrogens with one attached hydrogen (secondary N) is 1. The van der Waals surface area contributed by atoms with Crippen LogP contribution in [0.25, 0.3) is 0 Å². The molecule has 0 aliphatic carbocycles. The first kappa shape index (κ1) is 12.4. The van der Waals surface area contributed by atoms with Gasteiger partial charge in [-0.05, 0) is 27.0 Å². The second-order valence-corrected chi connectivity index (χ2v) is 4.73. The van der Waals surface area contributed by atoms with E-state index in [0.29, 0.717) is 12.0 Å². The molecule has 3 nitrogen and oxygen atoms in total. The van der Waals surface area contributed by atoms with Gasteiger partial charge in [0.1, 0.15) is 5.75 Å². The number of hydrogen-bond donors (Lipinski definition) is 1. The molecule has 0 saturated heterocycles. The topological polar surface area (TPSA) is 30.5 Å². The number of ether oxygens (including phenoxy) is 2. The molecule has 17 heavy (non-hydrogen) atoms. The van der Waals surface area contributed by atoms with Gasteiger partial charge in [0.15, 0.2) is 0 Å². The van der Waals surface area contributed by atoms with Crippen LogP contribution < -0.4 is 10.1 Å². The van der Waals surface area contributed by atoms with E-state index in [4.69, 9.17) is 9.47 Å². The minimum absolute atomic E-state index is 0.267. The van der Waals surface area contributed by atoms with Crippen molar-refractivity contribution in [2.75, 3.05) is 20.3 Å². The van der Waals surface area contributed by atoms with E-state index in [2.05, 4.69) is 31.3 Å². The average molecular weight is 235 g/mol. The fourth-order valence-electron chi connectivity index (χ4n) is 2.22. The molecule has 0 fully saturated rings. The molecular weight excluding hydrogens is 214 g/mol. The third kappa shape index (κ3) is 2.79. The van der Waals surface area contributed by atoms with Crippen molar-refractivity contribution in [3.63, 3.8) is 0 Å². The summed E-state index contributed by atoms with van der Waals surface area (Å²) in [6, 6.07) is 8.57. The molecule has 1 N–H and O–H groups in total. The molecule has 0 spiro atoms. The molecule has 1 aliphatic rings. The van der Waals surface area contributed by atoms with Crippen LogP contribution in [0.4, 0.5) is 0 Å². The monoisotopic (exact) mass is 235 g/mol. The van der Waals surface area contributed by atoms with Crippen LogP contribution in [0.1, 0.15) is 25.3 Å². The molecule has 2 rings (SSSR count). The zero-order valence-corrected chi connectivity index (χ0v) is 10.8. The summed E-state index contributed by atoms with van der Waals surface area (Å²) in [6.07, 6.45) is 0.267. The van der Waals surface area contributed by atoms with E-state index < -0.39 is 0 Å². The normalized spacial score (nSPS) is 20.1. The third-order valence-electron chi connectivity index (χ3n) is 3.20. The Morgan fingerprint density at radius 1 is 1.41 bits per heavy atom. The number of likely N-dealkylation sites (N-methyl/N-ethyl adjacent to an activating group) is 1. The maximum atomic E-state index is 5.71. The van der Waals surface area contributed by atoms with Crippen molar-refractivity contribution in [3.8, 4) is 5.75 Å². The van der Waals surface area contributed by atoms with Crippen LogP contribution in [-0.4, -0.2) is 32.4 Å². The maximum Gasteiger partial charge on any atom is 0.122 e. The van der Waals surface area contributed by atoms with Crippen molar-refractivity contribution in [1.29, 1.82) is 0 Å². The molecule has 0 bridgehead atoms. The lowest BCUT2D eigenvalue weighted by Gasteiger charge is -2.23. The van der Waals surface area contributed by atoms with Crippen molar-refractivity contribution in [2.24, 2.45) is 0 Å². The molecular formula is C14H21NO2. The van der Waals surface area contributed by atoms with Crippen LogP contribution in [-0.2, 0) is 4.74 Å². The van der Waals surface area contributed by atoms with Crippen LogP contribution in [0.15, 0.2) is 24.3 Å². The van der Waals surface area contributed by atoms with Gasteiger partial charge in [-0.3, -0.25) is 0 Å².